The summed E-state index contributed by atoms with van der Waals surface area (Å²) in [7, 11) is 0. The van der Waals surface area contributed by atoms with Crippen LogP contribution in [0.25, 0.3) is 0 Å². The Bertz CT molecular complexity index is 257. The molecule has 3 nitrogen and oxygen atoms in total. The molecule has 92 valence electrons. The molecule has 3 rings (SSSR count). The largest absolute Gasteiger partial charge is 0.456 e. The van der Waals surface area contributed by atoms with Gasteiger partial charge in [0.15, 0.2) is 6.10 Å². The van der Waals surface area contributed by atoms with Gasteiger partial charge in [0.05, 0.1) is 19.6 Å². The molecular weight excluding hydrogens is 202 g/mol. The van der Waals surface area contributed by atoms with Crippen molar-refractivity contribution >= 4 is 5.97 Å². The minimum atomic E-state index is -0.104. The fraction of sp³-hybridized carbons (Fsp3) is 0.923. The summed E-state index contributed by atoms with van der Waals surface area (Å²) in [5.41, 5.74) is 0. The number of fused-ring (bicyclic) bond motifs is 3. The molecule has 2 bridgehead atoms. The van der Waals surface area contributed by atoms with Gasteiger partial charge in [0.25, 0.3) is 0 Å². The Balaban J connectivity index is 1.97. The number of rotatable bonds is 4. The Morgan fingerprint density at radius 3 is 2.62 bits per heavy atom. The van der Waals surface area contributed by atoms with Crippen LogP contribution in [-0.2, 0) is 9.53 Å². The Hall–Kier alpha value is -0.570. The molecular formula is C13H24NO2+. The van der Waals surface area contributed by atoms with Crippen molar-refractivity contribution in [1.82, 2.24) is 0 Å². The number of unbranched alkanes of at least 4 members (excludes halogenated alkanes) is 1. The molecule has 0 radical (unpaired) electrons. The van der Waals surface area contributed by atoms with Crippen LogP contribution in [0, 0.1) is 5.92 Å². The normalized spacial score (nSPS) is 37.4. The molecule has 3 fully saturated rings. The Morgan fingerprint density at radius 2 is 2.06 bits per heavy atom. The SMILES string of the molecule is CCCC[N+]12CCC(CC1)C(OC(C)=O)C2. The summed E-state index contributed by atoms with van der Waals surface area (Å²) in [6, 6.07) is 0. The smallest absolute Gasteiger partial charge is 0.303 e. The molecule has 0 N–H and O–H groups in total. The zero-order chi connectivity index (χ0) is 11.6. The maximum Gasteiger partial charge on any atom is 0.303 e. The summed E-state index contributed by atoms with van der Waals surface area (Å²) < 4.78 is 6.69. The molecule has 3 heterocycles. The predicted octanol–water partition coefficient (Wildman–Crippen LogP) is 1.96. The van der Waals surface area contributed by atoms with Crippen molar-refractivity contribution in [3.63, 3.8) is 0 Å². The lowest BCUT2D eigenvalue weighted by Crippen LogP contribution is -2.64. The van der Waals surface area contributed by atoms with Crippen LogP contribution in [0.2, 0.25) is 0 Å². The van der Waals surface area contributed by atoms with Gasteiger partial charge < -0.3 is 9.22 Å². The highest BCUT2D eigenvalue weighted by Crippen LogP contribution is 2.35. The van der Waals surface area contributed by atoms with Gasteiger partial charge in [-0.15, -0.1) is 0 Å². The van der Waals surface area contributed by atoms with E-state index in [9.17, 15) is 4.79 Å². The van der Waals surface area contributed by atoms with Crippen molar-refractivity contribution in [2.45, 2.75) is 45.6 Å². The number of nitrogens with zero attached hydrogens (tertiary/aromatic N) is 1. The first-order chi connectivity index (χ1) is 7.65. The summed E-state index contributed by atoms with van der Waals surface area (Å²) in [5.74, 6) is 0.540. The summed E-state index contributed by atoms with van der Waals surface area (Å²) in [5, 5.41) is 0. The van der Waals surface area contributed by atoms with Gasteiger partial charge in [-0.1, -0.05) is 13.3 Å². The first-order valence-corrected chi connectivity index (χ1v) is 6.67. The highest BCUT2D eigenvalue weighted by atomic mass is 16.5. The van der Waals surface area contributed by atoms with Crippen LogP contribution in [0.15, 0.2) is 0 Å². The molecule has 0 amide bonds. The van der Waals surface area contributed by atoms with Crippen molar-refractivity contribution in [2.75, 3.05) is 26.2 Å². The minimum Gasteiger partial charge on any atom is -0.456 e. The van der Waals surface area contributed by atoms with Crippen LogP contribution in [0.4, 0.5) is 0 Å². The van der Waals surface area contributed by atoms with E-state index in [2.05, 4.69) is 6.92 Å². The second-order valence-electron chi connectivity index (χ2n) is 5.53. The molecule has 16 heavy (non-hydrogen) atoms. The van der Waals surface area contributed by atoms with E-state index in [4.69, 9.17) is 4.74 Å². The Kier molecular flexibility index (Phi) is 3.53. The lowest BCUT2D eigenvalue weighted by molar-refractivity contribution is -0.946. The number of hydrogen-bond donors (Lipinski definition) is 0. The molecule has 1 atom stereocenters. The molecule has 1 unspecified atom stereocenters. The van der Waals surface area contributed by atoms with E-state index >= 15 is 0 Å². The zero-order valence-electron chi connectivity index (χ0n) is 10.6. The fourth-order valence-electron chi connectivity index (χ4n) is 3.38. The molecule has 0 aliphatic carbocycles. The third-order valence-electron chi connectivity index (χ3n) is 4.34. The third kappa shape index (κ3) is 2.40. The third-order valence-corrected chi connectivity index (χ3v) is 4.34. The van der Waals surface area contributed by atoms with Gasteiger partial charge in [-0.2, -0.15) is 0 Å². The molecule has 3 aliphatic heterocycles. The zero-order valence-corrected chi connectivity index (χ0v) is 10.6. The Labute approximate surface area is 98.4 Å². The number of quaternary nitrogens is 1. The number of carbonyl (C=O) groups excluding carboxylic acids is 1. The number of piperidine rings is 3. The van der Waals surface area contributed by atoms with Gasteiger partial charge in [-0.3, -0.25) is 4.79 Å². The van der Waals surface area contributed by atoms with Crippen LogP contribution in [-0.4, -0.2) is 42.7 Å². The molecule has 0 aromatic carbocycles. The Morgan fingerprint density at radius 1 is 1.38 bits per heavy atom. The molecule has 0 aromatic heterocycles. The number of carbonyl (C=O) groups is 1. The lowest BCUT2D eigenvalue weighted by atomic mass is 9.83. The number of ether oxygens (including phenoxy) is 1. The first kappa shape index (κ1) is 11.9. The minimum absolute atomic E-state index is 0.104. The second kappa shape index (κ2) is 4.74. The maximum atomic E-state index is 11.1. The topological polar surface area (TPSA) is 26.3 Å². The molecule has 0 spiro atoms. The van der Waals surface area contributed by atoms with Crippen molar-refractivity contribution in [3.05, 3.63) is 0 Å². The molecule has 0 saturated carbocycles. The van der Waals surface area contributed by atoms with Crippen LogP contribution in [0.1, 0.15) is 39.5 Å². The average molecular weight is 226 g/mol. The molecule has 3 aliphatic rings. The standard InChI is InChI=1S/C13H24NO2/c1-3-4-7-14-8-5-12(6-9-14)13(10-14)16-11(2)15/h12-13H,3-10H2,1-2H3/q+1. The summed E-state index contributed by atoms with van der Waals surface area (Å²) in [4.78, 5) is 11.1. The van der Waals surface area contributed by atoms with E-state index in [1.54, 1.807) is 0 Å². The summed E-state index contributed by atoms with van der Waals surface area (Å²) in [6.45, 7) is 8.75. The van der Waals surface area contributed by atoms with Crippen molar-refractivity contribution in [2.24, 2.45) is 5.92 Å². The van der Waals surface area contributed by atoms with E-state index in [1.165, 1.54) is 56.7 Å². The second-order valence-corrected chi connectivity index (χ2v) is 5.53. The van der Waals surface area contributed by atoms with Gasteiger partial charge in [0.2, 0.25) is 0 Å². The molecule has 3 saturated heterocycles. The predicted molar refractivity (Wildman–Crippen MR) is 62.9 cm³/mol. The van der Waals surface area contributed by atoms with Gasteiger partial charge >= 0.3 is 5.97 Å². The van der Waals surface area contributed by atoms with E-state index in [0.29, 0.717) is 5.92 Å². The summed E-state index contributed by atoms with van der Waals surface area (Å²) in [6.07, 6.45) is 5.28. The molecule has 3 heteroatoms. The van der Waals surface area contributed by atoms with Gasteiger partial charge in [-0.05, 0) is 6.42 Å². The van der Waals surface area contributed by atoms with Crippen molar-refractivity contribution in [3.8, 4) is 0 Å². The van der Waals surface area contributed by atoms with Crippen molar-refractivity contribution in [1.29, 1.82) is 0 Å². The number of hydrogen-bond acceptors (Lipinski definition) is 2. The quantitative estimate of drug-likeness (QED) is 0.541. The van der Waals surface area contributed by atoms with Gasteiger partial charge in [-0.25, -0.2) is 0 Å². The van der Waals surface area contributed by atoms with E-state index in [-0.39, 0.29) is 12.1 Å². The monoisotopic (exact) mass is 226 g/mol. The first-order valence-electron chi connectivity index (χ1n) is 6.67. The highest BCUT2D eigenvalue weighted by Gasteiger charge is 2.46. The molecule has 0 aromatic rings. The van der Waals surface area contributed by atoms with Gasteiger partial charge in [0, 0.05) is 25.7 Å². The van der Waals surface area contributed by atoms with Crippen LogP contribution in [0.5, 0.6) is 0 Å². The van der Waals surface area contributed by atoms with Crippen LogP contribution >= 0.6 is 0 Å². The van der Waals surface area contributed by atoms with Crippen molar-refractivity contribution < 1.29 is 14.0 Å². The summed E-state index contributed by atoms with van der Waals surface area (Å²) >= 11 is 0. The van der Waals surface area contributed by atoms with Crippen LogP contribution < -0.4 is 0 Å². The van der Waals surface area contributed by atoms with E-state index < -0.39 is 0 Å². The lowest BCUT2D eigenvalue weighted by Gasteiger charge is -2.52. The highest BCUT2D eigenvalue weighted by molar-refractivity contribution is 5.66. The fourth-order valence-corrected chi connectivity index (χ4v) is 3.38. The van der Waals surface area contributed by atoms with E-state index in [1.807, 2.05) is 0 Å². The van der Waals surface area contributed by atoms with Crippen LogP contribution in [0.3, 0.4) is 0 Å². The number of esters is 1. The average Bonchev–Trinajstić information content (AvgIpc) is 2.27. The van der Waals surface area contributed by atoms with Gasteiger partial charge in [0.1, 0.15) is 6.54 Å². The van der Waals surface area contributed by atoms with E-state index in [0.717, 1.165) is 6.54 Å². The maximum absolute atomic E-state index is 11.1.